The second-order valence-electron chi connectivity index (χ2n) is 6.10. The van der Waals surface area contributed by atoms with E-state index in [1.807, 2.05) is 16.8 Å². The number of nitrogens with one attached hydrogen (secondary N) is 1. The molecule has 2 aromatic heterocycles. The summed E-state index contributed by atoms with van der Waals surface area (Å²) in [4.78, 5) is 18.7. The topological polar surface area (TPSA) is 61.9 Å². The van der Waals surface area contributed by atoms with Gasteiger partial charge >= 0.3 is 0 Å². The Hall–Kier alpha value is -1.76. The molecule has 5 nitrogen and oxygen atoms in total. The number of thiophene rings is 1. The molecule has 2 aromatic rings. The molecule has 2 fully saturated rings. The monoisotopic (exact) mass is 320 g/mol. The van der Waals surface area contributed by atoms with Crippen LogP contribution < -0.4 is 0 Å². The van der Waals surface area contributed by atoms with Crippen molar-refractivity contribution in [2.75, 3.05) is 19.8 Å². The lowest BCUT2D eigenvalue weighted by Gasteiger charge is -2.14. The van der Waals surface area contributed by atoms with Crippen LogP contribution in [0.15, 0.2) is 16.8 Å². The number of rotatable bonds is 4. The SMILES string of the molecule is O=C(c1ccsc1)N1C[C@@H](CF)[C@H](c2nc(C3CC3)n[nH]2)C1. The van der Waals surface area contributed by atoms with E-state index in [9.17, 15) is 9.18 Å². The summed E-state index contributed by atoms with van der Waals surface area (Å²) in [5, 5.41) is 10.9. The van der Waals surface area contributed by atoms with Gasteiger partial charge in [-0.05, 0) is 24.3 Å². The molecule has 0 radical (unpaired) electrons. The van der Waals surface area contributed by atoms with Crippen LogP contribution in [0.1, 0.15) is 46.7 Å². The van der Waals surface area contributed by atoms with Crippen molar-refractivity contribution in [3.63, 3.8) is 0 Å². The van der Waals surface area contributed by atoms with Gasteiger partial charge in [-0.1, -0.05) is 0 Å². The van der Waals surface area contributed by atoms with Crippen molar-refractivity contribution in [1.29, 1.82) is 0 Å². The molecular formula is C15H17FN4OS. The minimum absolute atomic E-state index is 0.0240. The van der Waals surface area contributed by atoms with Gasteiger partial charge in [-0.25, -0.2) is 4.98 Å². The zero-order chi connectivity index (χ0) is 15.1. The average molecular weight is 320 g/mol. The van der Waals surface area contributed by atoms with Crippen molar-refractivity contribution in [2.24, 2.45) is 5.92 Å². The maximum atomic E-state index is 13.4. The van der Waals surface area contributed by atoms with Crippen LogP contribution in [0, 0.1) is 5.92 Å². The molecule has 2 aliphatic rings. The van der Waals surface area contributed by atoms with Crippen molar-refractivity contribution in [1.82, 2.24) is 20.1 Å². The highest BCUT2D eigenvalue weighted by atomic mass is 32.1. The normalized spacial score (nSPS) is 24.9. The standard InChI is InChI=1S/C15H17FN4OS/c16-5-11-6-20(15(21)10-3-4-22-8-10)7-12(11)14-17-13(18-19-14)9-1-2-9/h3-4,8-9,11-12H,1-2,5-7H2,(H,17,18,19)/t11-,12-/m1/s1. The number of carbonyl (C=O) groups is 1. The van der Waals surface area contributed by atoms with Crippen LogP contribution in [0.3, 0.4) is 0 Å². The predicted molar refractivity (Wildman–Crippen MR) is 80.8 cm³/mol. The summed E-state index contributed by atoms with van der Waals surface area (Å²) in [6.45, 7) is 0.495. The summed E-state index contributed by atoms with van der Waals surface area (Å²) in [5.74, 6) is 1.72. The molecular weight excluding hydrogens is 303 g/mol. The van der Waals surface area contributed by atoms with Gasteiger partial charge in [-0.2, -0.15) is 16.4 Å². The number of aromatic nitrogens is 3. The van der Waals surface area contributed by atoms with Crippen molar-refractivity contribution in [3.8, 4) is 0 Å². The van der Waals surface area contributed by atoms with Crippen molar-refractivity contribution in [3.05, 3.63) is 34.0 Å². The fourth-order valence-electron chi connectivity index (χ4n) is 3.05. The largest absolute Gasteiger partial charge is 0.337 e. The maximum Gasteiger partial charge on any atom is 0.254 e. The van der Waals surface area contributed by atoms with Crippen LogP contribution in [0.5, 0.6) is 0 Å². The van der Waals surface area contributed by atoms with Crippen LogP contribution in [-0.4, -0.2) is 45.8 Å². The van der Waals surface area contributed by atoms with E-state index in [0.717, 1.165) is 24.5 Å². The molecule has 0 unspecified atom stereocenters. The molecule has 4 rings (SSSR count). The summed E-state index contributed by atoms with van der Waals surface area (Å²) in [7, 11) is 0. The van der Waals surface area contributed by atoms with Gasteiger partial charge in [0.2, 0.25) is 0 Å². The highest BCUT2D eigenvalue weighted by molar-refractivity contribution is 7.08. The van der Waals surface area contributed by atoms with E-state index in [1.165, 1.54) is 11.3 Å². The summed E-state index contributed by atoms with van der Waals surface area (Å²) in [5.41, 5.74) is 0.680. The molecule has 22 heavy (non-hydrogen) atoms. The first-order valence-electron chi connectivity index (χ1n) is 7.56. The number of carbonyl (C=O) groups excluding carboxylic acids is 1. The van der Waals surface area contributed by atoms with E-state index in [2.05, 4.69) is 15.2 Å². The van der Waals surface area contributed by atoms with Crippen molar-refractivity contribution < 1.29 is 9.18 Å². The van der Waals surface area contributed by atoms with E-state index >= 15 is 0 Å². The number of hydrogen-bond donors (Lipinski definition) is 1. The van der Waals surface area contributed by atoms with E-state index in [4.69, 9.17) is 0 Å². The predicted octanol–water partition coefficient (Wildman–Crippen LogP) is 2.57. The second-order valence-corrected chi connectivity index (χ2v) is 6.88. The first kappa shape index (κ1) is 13.9. The zero-order valence-corrected chi connectivity index (χ0v) is 12.9. The molecule has 1 amide bonds. The Balaban J connectivity index is 1.53. The lowest BCUT2D eigenvalue weighted by atomic mass is 9.97. The Bertz CT molecular complexity index is 667. The Morgan fingerprint density at radius 1 is 1.45 bits per heavy atom. The number of H-pyrrole nitrogens is 1. The number of nitrogens with zero attached hydrogens (tertiary/aromatic N) is 3. The number of amides is 1. The Morgan fingerprint density at radius 3 is 3.00 bits per heavy atom. The fraction of sp³-hybridized carbons (Fsp3) is 0.533. The summed E-state index contributed by atoms with van der Waals surface area (Å²) in [6.07, 6.45) is 2.27. The van der Waals surface area contributed by atoms with Gasteiger partial charge in [0.1, 0.15) is 5.82 Å². The highest BCUT2D eigenvalue weighted by Crippen LogP contribution is 2.39. The molecule has 1 N–H and O–H groups in total. The summed E-state index contributed by atoms with van der Waals surface area (Å²) >= 11 is 1.49. The molecule has 0 aromatic carbocycles. The first-order valence-corrected chi connectivity index (χ1v) is 8.50. The van der Waals surface area contributed by atoms with Crippen LogP contribution in [-0.2, 0) is 0 Å². The van der Waals surface area contributed by atoms with Gasteiger partial charge in [0, 0.05) is 36.2 Å². The fourth-order valence-corrected chi connectivity index (χ4v) is 3.68. The van der Waals surface area contributed by atoms with Gasteiger partial charge in [0.05, 0.1) is 12.2 Å². The number of alkyl halides is 1. The molecule has 0 bridgehead atoms. The molecule has 1 saturated carbocycles. The number of hydrogen-bond acceptors (Lipinski definition) is 4. The third kappa shape index (κ3) is 2.43. The van der Waals surface area contributed by atoms with Crippen LogP contribution in [0.2, 0.25) is 0 Å². The third-order valence-corrected chi connectivity index (χ3v) is 5.19. The molecule has 1 saturated heterocycles. The van der Waals surface area contributed by atoms with E-state index in [-0.39, 0.29) is 17.7 Å². The van der Waals surface area contributed by atoms with Crippen LogP contribution in [0.4, 0.5) is 4.39 Å². The minimum Gasteiger partial charge on any atom is -0.337 e. The van der Waals surface area contributed by atoms with Gasteiger partial charge in [0.25, 0.3) is 5.91 Å². The molecule has 2 atom stereocenters. The van der Waals surface area contributed by atoms with Crippen LogP contribution in [0.25, 0.3) is 0 Å². The highest BCUT2D eigenvalue weighted by Gasteiger charge is 2.39. The molecule has 3 heterocycles. The van der Waals surface area contributed by atoms with Crippen LogP contribution >= 0.6 is 11.3 Å². The van der Waals surface area contributed by atoms with Gasteiger partial charge in [-0.15, -0.1) is 0 Å². The number of halogens is 1. The number of likely N-dealkylation sites (tertiary alicyclic amines) is 1. The lowest BCUT2D eigenvalue weighted by molar-refractivity contribution is 0.0785. The Kier molecular flexibility index (Phi) is 3.44. The second kappa shape index (κ2) is 5.46. The van der Waals surface area contributed by atoms with E-state index in [0.29, 0.717) is 24.6 Å². The Morgan fingerprint density at radius 2 is 2.32 bits per heavy atom. The van der Waals surface area contributed by atoms with Gasteiger partial charge in [-0.3, -0.25) is 14.3 Å². The van der Waals surface area contributed by atoms with Crippen molar-refractivity contribution in [2.45, 2.75) is 24.7 Å². The van der Waals surface area contributed by atoms with Gasteiger partial charge < -0.3 is 4.90 Å². The smallest absolute Gasteiger partial charge is 0.254 e. The van der Waals surface area contributed by atoms with Gasteiger partial charge in [0.15, 0.2) is 5.82 Å². The number of aromatic amines is 1. The Labute approximate surface area is 131 Å². The molecule has 0 spiro atoms. The average Bonchev–Trinajstić information content (AvgIpc) is 3.02. The summed E-state index contributed by atoms with van der Waals surface area (Å²) in [6, 6.07) is 1.81. The van der Waals surface area contributed by atoms with E-state index < -0.39 is 6.67 Å². The lowest BCUT2D eigenvalue weighted by Crippen LogP contribution is -2.28. The first-order chi connectivity index (χ1) is 10.8. The summed E-state index contributed by atoms with van der Waals surface area (Å²) < 4.78 is 13.4. The minimum atomic E-state index is -0.447. The molecule has 7 heteroatoms. The van der Waals surface area contributed by atoms with E-state index in [1.54, 1.807) is 4.90 Å². The van der Waals surface area contributed by atoms with Crippen molar-refractivity contribution >= 4 is 17.2 Å². The maximum absolute atomic E-state index is 13.4. The zero-order valence-electron chi connectivity index (χ0n) is 12.0. The molecule has 116 valence electrons. The quantitative estimate of drug-likeness (QED) is 0.942. The third-order valence-electron chi connectivity index (χ3n) is 4.51. The molecule has 1 aliphatic heterocycles. The molecule has 1 aliphatic carbocycles.